The van der Waals surface area contributed by atoms with Crippen molar-refractivity contribution in [3.8, 4) is 0 Å². The summed E-state index contributed by atoms with van der Waals surface area (Å²) in [4.78, 5) is 2.18. The van der Waals surface area contributed by atoms with E-state index in [4.69, 9.17) is 0 Å². The summed E-state index contributed by atoms with van der Waals surface area (Å²) in [7, 11) is 2.00. The van der Waals surface area contributed by atoms with E-state index in [-0.39, 0.29) is 5.82 Å². The van der Waals surface area contributed by atoms with Crippen molar-refractivity contribution in [1.29, 1.82) is 0 Å². The van der Waals surface area contributed by atoms with E-state index in [2.05, 4.69) is 40.0 Å². The molecule has 1 aromatic rings. The van der Waals surface area contributed by atoms with Crippen molar-refractivity contribution in [2.24, 2.45) is 5.92 Å². The van der Waals surface area contributed by atoms with E-state index in [1.54, 1.807) is 0 Å². The van der Waals surface area contributed by atoms with Crippen LogP contribution in [0.2, 0.25) is 0 Å². The molecule has 4 heteroatoms. The monoisotopic (exact) mass is 314 g/mol. The first-order valence-corrected chi connectivity index (χ1v) is 7.23. The molecular weight excluding hydrogens is 295 g/mol. The second kappa shape index (κ2) is 5.57. The van der Waals surface area contributed by atoms with Gasteiger partial charge in [0.1, 0.15) is 5.82 Å². The summed E-state index contributed by atoms with van der Waals surface area (Å²) in [6.45, 7) is 5.31. The molecule has 0 spiro atoms. The summed E-state index contributed by atoms with van der Waals surface area (Å²) < 4.78 is 14.8. The largest absolute Gasteiger partial charge is 0.366 e. The van der Waals surface area contributed by atoms with Crippen LogP contribution in [0.15, 0.2) is 22.7 Å². The summed E-state index contributed by atoms with van der Waals surface area (Å²) >= 11 is 3.30. The Kier molecular flexibility index (Phi) is 4.28. The van der Waals surface area contributed by atoms with Crippen LogP contribution in [-0.4, -0.2) is 25.7 Å². The maximum absolute atomic E-state index is 14.0. The minimum Gasteiger partial charge on any atom is -0.366 e. The van der Waals surface area contributed by atoms with Crippen molar-refractivity contribution in [3.05, 3.63) is 28.5 Å². The first-order valence-electron chi connectivity index (χ1n) is 6.43. The first-order chi connectivity index (χ1) is 8.54. The van der Waals surface area contributed by atoms with Crippen LogP contribution < -0.4 is 10.2 Å². The fourth-order valence-corrected chi connectivity index (χ4v) is 3.16. The highest BCUT2D eigenvalue weighted by atomic mass is 79.9. The zero-order valence-electron chi connectivity index (χ0n) is 11.1. The zero-order chi connectivity index (χ0) is 13.3. The quantitative estimate of drug-likeness (QED) is 0.900. The van der Waals surface area contributed by atoms with E-state index in [0.717, 1.165) is 17.4 Å². The van der Waals surface area contributed by atoms with Crippen LogP contribution >= 0.6 is 15.9 Å². The number of piperidine rings is 1. The van der Waals surface area contributed by atoms with Gasteiger partial charge in [-0.1, -0.05) is 22.9 Å². The molecule has 1 fully saturated rings. The van der Waals surface area contributed by atoms with Crippen LogP contribution in [0.25, 0.3) is 0 Å². The Labute approximate surface area is 117 Å². The van der Waals surface area contributed by atoms with E-state index >= 15 is 0 Å². The average Bonchev–Trinajstić information content (AvgIpc) is 2.34. The summed E-state index contributed by atoms with van der Waals surface area (Å²) in [5.74, 6) is 0.359. The predicted octanol–water partition coefficient (Wildman–Crippen LogP) is 3.41. The van der Waals surface area contributed by atoms with Crippen molar-refractivity contribution in [1.82, 2.24) is 5.32 Å². The van der Waals surface area contributed by atoms with Gasteiger partial charge in [-0.15, -0.1) is 0 Å². The number of benzene rings is 1. The normalized spacial score (nSPS) is 28.5. The van der Waals surface area contributed by atoms with Crippen LogP contribution in [0.4, 0.5) is 10.1 Å². The van der Waals surface area contributed by atoms with Crippen molar-refractivity contribution >= 4 is 21.6 Å². The van der Waals surface area contributed by atoms with Crippen LogP contribution in [0.1, 0.15) is 20.3 Å². The fraction of sp³-hybridized carbons (Fsp3) is 0.571. The van der Waals surface area contributed by atoms with Crippen molar-refractivity contribution in [2.45, 2.75) is 32.4 Å². The molecule has 0 saturated carbocycles. The minimum absolute atomic E-state index is 0.147. The maximum atomic E-state index is 14.0. The second-order valence-electron chi connectivity index (χ2n) is 5.07. The Morgan fingerprint density at radius 1 is 1.39 bits per heavy atom. The Bertz CT molecular complexity index is 424. The summed E-state index contributed by atoms with van der Waals surface area (Å²) in [5.41, 5.74) is 0.715. The molecule has 0 aliphatic carbocycles. The summed E-state index contributed by atoms with van der Waals surface area (Å²) in [5, 5.41) is 3.35. The number of anilines is 1. The lowest BCUT2D eigenvalue weighted by Gasteiger charge is -2.44. The number of rotatable bonds is 2. The highest BCUT2D eigenvalue weighted by Gasteiger charge is 2.32. The van der Waals surface area contributed by atoms with Gasteiger partial charge >= 0.3 is 0 Å². The Balaban J connectivity index is 2.24. The van der Waals surface area contributed by atoms with Gasteiger partial charge in [0, 0.05) is 23.1 Å². The molecule has 0 aromatic heterocycles. The highest BCUT2D eigenvalue weighted by molar-refractivity contribution is 9.10. The molecule has 1 N–H and O–H groups in total. The van der Waals surface area contributed by atoms with Gasteiger partial charge < -0.3 is 10.2 Å². The Hall–Kier alpha value is -0.610. The molecule has 2 nitrogen and oxygen atoms in total. The summed E-state index contributed by atoms with van der Waals surface area (Å²) in [6, 6.07) is 6.17. The third kappa shape index (κ3) is 2.54. The lowest BCUT2D eigenvalue weighted by Crippen LogP contribution is -2.53. The number of hydrogen-bond acceptors (Lipinski definition) is 2. The van der Waals surface area contributed by atoms with Gasteiger partial charge in [0.15, 0.2) is 0 Å². The van der Waals surface area contributed by atoms with E-state index in [0.29, 0.717) is 23.7 Å². The van der Waals surface area contributed by atoms with Gasteiger partial charge in [-0.2, -0.15) is 0 Å². The molecule has 0 bridgehead atoms. The van der Waals surface area contributed by atoms with Gasteiger partial charge in [0.2, 0.25) is 0 Å². The molecular formula is C14H20BrFN2. The van der Waals surface area contributed by atoms with E-state index in [1.165, 1.54) is 6.07 Å². The van der Waals surface area contributed by atoms with Crippen LogP contribution in [0.3, 0.4) is 0 Å². The third-order valence-electron chi connectivity index (χ3n) is 4.16. The standard InChI is InChI=1S/C14H20BrFN2/c1-9-10(2)18(7-6-13(9)17-3)14-5-4-11(15)8-12(14)16/h4-5,8-10,13,17H,6-7H2,1-3H3. The average molecular weight is 315 g/mol. The zero-order valence-corrected chi connectivity index (χ0v) is 12.7. The molecule has 1 aliphatic rings. The van der Waals surface area contributed by atoms with Crippen molar-refractivity contribution in [3.63, 3.8) is 0 Å². The topological polar surface area (TPSA) is 15.3 Å². The SMILES string of the molecule is CNC1CCN(c2ccc(Br)cc2F)C(C)C1C. The highest BCUT2D eigenvalue weighted by Crippen LogP contribution is 2.31. The van der Waals surface area contributed by atoms with Crippen LogP contribution in [-0.2, 0) is 0 Å². The van der Waals surface area contributed by atoms with E-state index < -0.39 is 0 Å². The molecule has 1 aromatic carbocycles. The maximum Gasteiger partial charge on any atom is 0.147 e. The van der Waals surface area contributed by atoms with Gasteiger partial charge in [0.25, 0.3) is 0 Å². The van der Waals surface area contributed by atoms with Gasteiger partial charge in [-0.3, -0.25) is 0 Å². The van der Waals surface area contributed by atoms with Gasteiger partial charge in [-0.25, -0.2) is 4.39 Å². The molecule has 18 heavy (non-hydrogen) atoms. The number of nitrogens with one attached hydrogen (secondary N) is 1. The molecule has 1 aliphatic heterocycles. The molecule has 3 unspecified atom stereocenters. The van der Waals surface area contributed by atoms with E-state index in [9.17, 15) is 4.39 Å². The number of nitrogens with zero attached hydrogens (tertiary/aromatic N) is 1. The van der Waals surface area contributed by atoms with Gasteiger partial charge in [-0.05, 0) is 44.5 Å². The van der Waals surface area contributed by atoms with Crippen molar-refractivity contribution < 1.29 is 4.39 Å². The molecule has 1 saturated heterocycles. The number of hydrogen-bond donors (Lipinski definition) is 1. The molecule has 0 radical (unpaired) electrons. The number of halogens is 2. The Morgan fingerprint density at radius 3 is 2.72 bits per heavy atom. The molecule has 0 amide bonds. The molecule has 100 valence electrons. The minimum atomic E-state index is -0.147. The molecule has 3 atom stereocenters. The van der Waals surface area contributed by atoms with Crippen LogP contribution in [0.5, 0.6) is 0 Å². The first kappa shape index (κ1) is 13.8. The third-order valence-corrected chi connectivity index (χ3v) is 4.65. The van der Waals surface area contributed by atoms with Crippen LogP contribution in [0, 0.1) is 11.7 Å². The van der Waals surface area contributed by atoms with Crippen molar-refractivity contribution in [2.75, 3.05) is 18.5 Å². The fourth-order valence-electron chi connectivity index (χ4n) is 2.83. The lowest BCUT2D eigenvalue weighted by molar-refractivity contribution is 0.281. The van der Waals surface area contributed by atoms with E-state index in [1.807, 2.05) is 19.2 Å². The lowest BCUT2D eigenvalue weighted by atomic mass is 9.86. The molecule has 2 rings (SSSR count). The Morgan fingerprint density at radius 2 is 2.11 bits per heavy atom. The second-order valence-corrected chi connectivity index (χ2v) is 5.99. The molecule has 1 heterocycles. The predicted molar refractivity (Wildman–Crippen MR) is 77.5 cm³/mol. The van der Waals surface area contributed by atoms with Gasteiger partial charge in [0.05, 0.1) is 5.69 Å². The smallest absolute Gasteiger partial charge is 0.147 e. The summed E-state index contributed by atoms with van der Waals surface area (Å²) in [6.07, 6.45) is 1.05.